The van der Waals surface area contributed by atoms with Gasteiger partial charge >= 0.3 is 0 Å². The van der Waals surface area contributed by atoms with Gasteiger partial charge in [-0.3, -0.25) is 14.5 Å². The second-order valence-electron chi connectivity index (χ2n) is 7.63. The first-order valence-corrected chi connectivity index (χ1v) is 12.4. The Labute approximate surface area is 192 Å². The molecular weight excluding hydrogens is 459 g/mol. The fourth-order valence-electron chi connectivity index (χ4n) is 4.31. The Hall–Kier alpha value is -1.60. The van der Waals surface area contributed by atoms with Crippen LogP contribution in [-0.2, 0) is 15.3 Å². The van der Waals surface area contributed by atoms with Gasteiger partial charge in [0.25, 0.3) is 0 Å². The maximum Gasteiger partial charge on any atom is 0.237 e. The SMILES string of the molecule is O=C1[C@@H]2CCCC[C@H]2C(=O)N1c1ccc2nc(SCc3c(Cl)cccc3Cl)sc2c1. The number of amides is 2. The van der Waals surface area contributed by atoms with Gasteiger partial charge in [0.2, 0.25) is 11.8 Å². The molecule has 0 unspecified atom stereocenters. The van der Waals surface area contributed by atoms with Gasteiger partial charge in [0, 0.05) is 15.8 Å². The maximum atomic E-state index is 12.9. The maximum absolute atomic E-state index is 12.9. The van der Waals surface area contributed by atoms with Crippen molar-refractivity contribution in [3.8, 4) is 0 Å². The van der Waals surface area contributed by atoms with Gasteiger partial charge in [0.05, 0.1) is 27.7 Å². The van der Waals surface area contributed by atoms with E-state index in [1.54, 1.807) is 23.1 Å². The van der Waals surface area contributed by atoms with E-state index in [0.29, 0.717) is 21.5 Å². The van der Waals surface area contributed by atoms with Crippen LogP contribution >= 0.6 is 46.3 Å². The van der Waals surface area contributed by atoms with Crippen molar-refractivity contribution >= 4 is 74.0 Å². The molecule has 1 aliphatic heterocycles. The van der Waals surface area contributed by atoms with E-state index in [0.717, 1.165) is 45.8 Å². The molecular formula is C22H18Cl2N2O2S2. The number of fused-ring (bicyclic) bond motifs is 2. The third-order valence-corrected chi connectivity index (χ3v) is 8.75. The molecule has 8 heteroatoms. The van der Waals surface area contributed by atoms with Crippen molar-refractivity contribution in [3.05, 3.63) is 52.0 Å². The number of carbonyl (C=O) groups is 2. The number of nitrogens with zero attached hydrogens (tertiary/aromatic N) is 2. The zero-order valence-electron chi connectivity index (χ0n) is 15.9. The monoisotopic (exact) mass is 476 g/mol. The summed E-state index contributed by atoms with van der Waals surface area (Å²) in [5.41, 5.74) is 2.40. The van der Waals surface area contributed by atoms with E-state index in [1.165, 1.54) is 4.90 Å². The fraction of sp³-hybridized carbons (Fsp3) is 0.318. The first kappa shape index (κ1) is 20.3. The van der Waals surface area contributed by atoms with Crippen molar-refractivity contribution in [2.45, 2.75) is 35.8 Å². The molecule has 0 radical (unpaired) electrons. The number of thioether (sulfide) groups is 1. The minimum atomic E-state index is -0.144. The van der Waals surface area contributed by atoms with Gasteiger partial charge in [-0.2, -0.15) is 0 Å². The lowest BCUT2D eigenvalue weighted by Crippen LogP contribution is -2.30. The third kappa shape index (κ3) is 3.54. The Balaban J connectivity index is 1.39. The van der Waals surface area contributed by atoms with E-state index >= 15 is 0 Å². The van der Waals surface area contributed by atoms with E-state index in [9.17, 15) is 9.59 Å². The number of carbonyl (C=O) groups excluding carboxylic acids is 2. The zero-order chi connectivity index (χ0) is 20.8. The van der Waals surface area contributed by atoms with Gasteiger partial charge in [0.15, 0.2) is 4.34 Å². The fourth-order valence-corrected chi connectivity index (χ4v) is 7.16. The van der Waals surface area contributed by atoms with Crippen molar-refractivity contribution in [2.24, 2.45) is 11.8 Å². The van der Waals surface area contributed by atoms with Crippen LogP contribution in [0.4, 0.5) is 5.69 Å². The summed E-state index contributed by atoms with van der Waals surface area (Å²) in [6, 6.07) is 11.1. The molecule has 0 spiro atoms. The van der Waals surface area contributed by atoms with Crippen LogP contribution in [0.2, 0.25) is 10.0 Å². The predicted molar refractivity (Wildman–Crippen MR) is 124 cm³/mol. The van der Waals surface area contributed by atoms with Crippen LogP contribution in [0.3, 0.4) is 0 Å². The molecule has 154 valence electrons. The Morgan fingerprint density at radius 2 is 1.70 bits per heavy atom. The highest BCUT2D eigenvalue weighted by Gasteiger charge is 2.48. The molecule has 2 aromatic carbocycles. The number of halogens is 2. The van der Waals surface area contributed by atoms with Gasteiger partial charge in [-0.1, -0.05) is 53.9 Å². The molecule has 2 aliphatic rings. The lowest BCUT2D eigenvalue weighted by atomic mass is 9.81. The topological polar surface area (TPSA) is 50.3 Å². The average Bonchev–Trinajstić information content (AvgIpc) is 3.26. The molecule has 2 amide bonds. The first-order valence-electron chi connectivity index (χ1n) is 9.87. The molecule has 2 fully saturated rings. The summed E-state index contributed by atoms with van der Waals surface area (Å²) < 4.78 is 1.85. The normalized spacial score (nSPS) is 21.5. The highest BCUT2D eigenvalue weighted by atomic mass is 35.5. The van der Waals surface area contributed by atoms with E-state index < -0.39 is 0 Å². The number of benzene rings is 2. The number of thiazole rings is 1. The minimum Gasteiger partial charge on any atom is -0.274 e. The average molecular weight is 477 g/mol. The summed E-state index contributed by atoms with van der Waals surface area (Å²) in [5, 5.41) is 1.29. The Morgan fingerprint density at radius 1 is 1.03 bits per heavy atom. The molecule has 3 aromatic rings. The summed E-state index contributed by atoms with van der Waals surface area (Å²) >= 11 is 15.6. The smallest absolute Gasteiger partial charge is 0.237 e. The summed E-state index contributed by atoms with van der Waals surface area (Å²) in [4.78, 5) is 31.8. The highest BCUT2D eigenvalue weighted by Crippen LogP contribution is 2.42. The molecule has 2 heterocycles. The number of imide groups is 1. The molecule has 2 atom stereocenters. The number of hydrogen-bond acceptors (Lipinski definition) is 5. The number of hydrogen-bond donors (Lipinski definition) is 0. The number of rotatable bonds is 4. The van der Waals surface area contributed by atoms with Crippen molar-refractivity contribution < 1.29 is 9.59 Å². The molecule has 0 bridgehead atoms. The van der Waals surface area contributed by atoms with Crippen molar-refractivity contribution in [1.82, 2.24) is 4.98 Å². The number of aromatic nitrogens is 1. The standard InChI is InChI=1S/C22H18Cl2N2O2S2/c23-16-6-3-7-17(24)15(16)11-29-22-25-18-9-8-12(10-19(18)30-22)26-20(27)13-4-1-2-5-14(13)21(26)28/h3,6-10,13-14H,1-2,4-5,11H2/t13-,14-/m1/s1. The minimum absolute atomic E-state index is 0.0449. The summed E-state index contributed by atoms with van der Waals surface area (Å²) in [7, 11) is 0. The second-order valence-corrected chi connectivity index (χ2v) is 10.7. The first-order chi connectivity index (χ1) is 14.5. The zero-order valence-corrected chi connectivity index (χ0v) is 19.1. The second kappa shape index (κ2) is 8.15. The van der Waals surface area contributed by atoms with Gasteiger partial charge in [-0.25, -0.2) is 4.98 Å². The molecule has 0 N–H and O–H groups in total. The van der Waals surface area contributed by atoms with Gasteiger partial charge in [-0.05, 0) is 48.7 Å². The molecule has 1 saturated heterocycles. The van der Waals surface area contributed by atoms with Crippen LogP contribution in [-0.4, -0.2) is 16.8 Å². The van der Waals surface area contributed by atoms with Gasteiger partial charge < -0.3 is 0 Å². The van der Waals surface area contributed by atoms with Crippen molar-refractivity contribution in [3.63, 3.8) is 0 Å². The molecule has 4 nitrogen and oxygen atoms in total. The van der Waals surface area contributed by atoms with Gasteiger partial charge in [-0.15, -0.1) is 11.3 Å². The summed E-state index contributed by atoms with van der Waals surface area (Å²) in [5.74, 6) is 0.246. The van der Waals surface area contributed by atoms with Crippen molar-refractivity contribution in [2.75, 3.05) is 4.90 Å². The van der Waals surface area contributed by atoms with Crippen LogP contribution in [0.25, 0.3) is 10.2 Å². The van der Waals surface area contributed by atoms with Gasteiger partial charge in [0.1, 0.15) is 0 Å². The van der Waals surface area contributed by atoms with E-state index in [2.05, 4.69) is 4.98 Å². The van der Waals surface area contributed by atoms with Crippen LogP contribution in [0, 0.1) is 11.8 Å². The Bertz CT molecular complexity index is 1120. The van der Waals surface area contributed by atoms with Crippen molar-refractivity contribution in [1.29, 1.82) is 0 Å². The van der Waals surface area contributed by atoms with Crippen LogP contribution in [0.5, 0.6) is 0 Å². The van der Waals surface area contributed by atoms with E-state index in [1.807, 2.05) is 36.4 Å². The predicted octanol–water partition coefficient (Wildman–Crippen LogP) is 6.58. The molecule has 1 aliphatic carbocycles. The lowest BCUT2D eigenvalue weighted by Gasteiger charge is -2.19. The summed E-state index contributed by atoms with van der Waals surface area (Å²) in [6.45, 7) is 0. The highest BCUT2D eigenvalue weighted by molar-refractivity contribution is 8.00. The van der Waals surface area contributed by atoms with Crippen LogP contribution < -0.4 is 4.90 Å². The Morgan fingerprint density at radius 3 is 2.37 bits per heavy atom. The van der Waals surface area contributed by atoms with Crippen LogP contribution in [0.1, 0.15) is 31.2 Å². The lowest BCUT2D eigenvalue weighted by molar-refractivity contribution is -0.122. The molecule has 5 rings (SSSR count). The third-order valence-electron chi connectivity index (χ3n) is 5.85. The van der Waals surface area contributed by atoms with Crippen LogP contribution in [0.15, 0.2) is 40.7 Å². The molecule has 1 saturated carbocycles. The van der Waals surface area contributed by atoms with E-state index in [4.69, 9.17) is 23.2 Å². The summed E-state index contributed by atoms with van der Waals surface area (Å²) in [6.07, 6.45) is 3.69. The Kier molecular flexibility index (Phi) is 5.52. The largest absolute Gasteiger partial charge is 0.274 e. The van der Waals surface area contributed by atoms with E-state index in [-0.39, 0.29) is 23.7 Å². The number of anilines is 1. The molecule has 30 heavy (non-hydrogen) atoms. The quantitative estimate of drug-likeness (QED) is 0.315. The molecule has 1 aromatic heterocycles.